The highest BCUT2D eigenvalue weighted by Gasteiger charge is 2.19. The number of nitrogens with one attached hydrogen (secondary N) is 2. The third-order valence-electron chi connectivity index (χ3n) is 3.70. The van der Waals surface area contributed by atoms with Crippen molar-refractivity contribution in [1.29, 1.82) is 0 Å². The molecule has 0 unspecified atom stereocenters. The highest BCUT2D eigenvalue weighted by molar-refractivity contribution is 7.92. The van der Waals surface area contributed by atoms with Gasteiger partial charge in [-0.2, -0.15) is 0 Å². The van der Waals surface area contributed by atoms with Crippen molar-refractivity contribution in [2.45, 2.75) is 4.90 Å². The van der Waals surface area contributed by atoms with E-state index in [9.17, 15) is 13.2 Å². The van der Waals surface area contributed by atoms with Gasteiger partial charge >= 0.3 is 0 Å². The zero-order chi connectivity index (χ0) is 20.3. The lowest BCUT2D eigenvalue weighted by Crippen LogP contribution is -2.18. The normalized spacial score (nSPS) is 11.1. The zero-order valence-electron chi connectivity index (χ0n) is 14.1. The molecule has 0 saturated carbocycles. The van der Waals surface area contributed by atoms with Crippen molar-refractivity contribution >= 4 is 62.1 Å². The molecule has 1 amide bonds. The van der Waals surface area contributed by atoms with Gasteiger partial charge in [-0.05, 0) is 66.7 Å². The summed E-state index contributed by atoms with van der Waals surface area (Å²) in [6.45, 7) is 0. The molecule has 0 fully saturated rings. The molecule has 3 aromatic rings. The first-order valence-corrected chi connectivity index (χ1v) is 10.5. The highest BCUT2D eigenvalue weighted by atomic mass is 35.5. The van der Waals surface area contributed by atoms with Crippen molar-refractivity contribution in [3.8, 4) is 0 Å². The predicted molar refractivity (Wildman–Crippen MR) is 113 cm³/mol. The number of carbonyl (C=O) groups excluding carboxylic acids is 1. The summed E-state index contributed by atoms with van der Waals surface area (Å²) in [5.41, 5.74) is 0.659. The molecule has 0 spiro atoms. The third kappa shape index (κ3) is 4.97. The number of anilines is 2. The maximum atomic E-state index is 12.7. The maximum absolute atomic E-state index is 12.7. The summed E-state index contributed by atoms with van der Waals surface area (Å²) in [4.78, 5) is 12.7. The van der Waals surface area contributed by atoms with Crippen molar-refractivity contribution in [2.75, 3.05) is 10.0 Å². The molecule has 144 valence electrons. The molecule has 0 aliphatic heterocycles. The molecule has 28 heavy (non-hydrogen) atoms. The summed E-state index contributed by atoms with van der Waals surface area (Å²) in [5.74, 6) is -0.529. The van der Waals surface area contributed by atoms with Crippen LogP contribution >= 0.6 is 34.8 Å². The van der Waals surface area contributed by atoms with Crippen molar-refractivity contribution in [3.63, 3.8) is 0 Å². The van der Waals surface area contributed by atoms with Gasteiger partial charge in [0.15, 0.2) is 0 Å². The largest absolute Gasteiger partial charge is 0.322 e. The van der Waals surface area contributed by atoms with E-state index < -0.39 is 15.9 Å². The molecule has 0 aliphatic rings. The van der Waals surface area contributed by atoms with Crippen LogP contribution in [0.1, 0.15) is 10.4 Å². The Hall–Kier alpha value is -2.25. The van der Waals surface area contributed by atoms with E-state index in [2.05, 4.69) is 10.0 Å². The van der Waals surface area contributed by atoms with Gasteiger partial charge in [-0.15, -0.1) is 0 Å². The van der Waals surface area contributed by atoms with E-state index >= 15 is 0 Å². The van der Waals surface area contributed by atoms with Crippen LogP contribution in [0.25, 0.3) is 0 Å². The van der Waals surface area contributed by atoms with Crippen LogP contribution in [0.5, 0.6) is 0 Å². The van der Waals surface area contributed by atoms with Crippen LogP contribution in [0.4, 0.5) is 11.4 Å². The van der Waals surface area contributed by atoms with Crippen molar-refractivity contribution in [2.24, 2.45) is 0 Å². The minimum atomic E-state index is -3.93. The quantitative estimate of drug-likeness (QED) is 0.518. The van der Waals surface area contributed by atoms with Gasteiger partial charge in [0.1, 0.15) is 0 Å². The number of hydrogen-bond acceptors (Lipinski definition) is 3. The van der Waals surface area contributed by atoms with E-state index in [1.165, 1.54) is 42.5 Å². The molecule has 9 heteroatoms. The first-order chi connectivity index (χ1) is 13.2. The molecule has 5 nitrogen and oxygen atoms in total. The second-order valence-corrected chi connectivity index (χ2v) is 8.70. The maximum Gasteiger partial charge on any atom is 0.261 e. The lowest BCUT2D eigenvalue weighted by atomic mass is 10.1. The molecule has 0 saturated heterocycles. The monoisotopic (exact) mass is 454 g/mol. The Bertz CT molecular complexity index is 1120. The SMILES string of the molecule is O=C(Nc1ccc(Cl)cc1)c1cc(Cl)ccc1NS(=O)(=O)c1ccc(Cl)cc1. The van der Waals surface area contributed by atoms with Crippen LogP contribution in [0, 0.1) is 0 Å². The summed E-state index contributed by atoms with van der Waals surface area (Å²) >= 11 is 17.6. The standard InChI is InChI=1S/C19H13Cl3N2O3S/c20-12-1-6-15(7-2-12)23-19(25)17-11-14(22)5-10-18(17)24-28(26,27)16-8-3-13(21)4-9-16/h1-11,24H,(H,23,25). The Labute approximate surface area is 177 Å². The average Bonchev–Trinajstić information content (AvgIpc) is 2.65. The van der Waals surface area contributed by atoms with E-state index in [1.54, 1.807) is 24.3 Å². The Morgan fingerprint density at radius 1 is 0.750 bits per heavy atom. The van der Waals surface area contributed by atoms with Crippen LogP contribution in [0.15, 0.2) is 71.6 Å². The molecular formula is C19H13Cl3N2O3S. The summed E-state index contributed by atoms with van der Waals surface area (Å²) in [5, 5.41) is 3.90. The third-order valence-corrected chi connectivity index (χ3v) is 5.82. The Morgan fingerprint density at radius 2 is 1.29 bits per heavy atom. The Morgan fingerprint density at radius 3 is 1.89 bits per heavy atom. The molecule has 3 rings (SSSR count). The molecular weight excluding hydrogens is 443 g/mol. The summed E-state index contributed by atoms with van der Waals surface area (Å²) < 4.78 is 27.7. The molecule has 2 N–H and O–H groups in total. The number of carbonyl (C=O) groups is 1. The lowest BCUT2D eigenvalue weighted by molar-refractivity contribution is 0.102. The van der Waals surface area contributed by atoms with Crippen molar-refractivity contribution in [1.82, 2.24) is 0 Å². The van der Waals surface area contributed by atoms with Gasteiger partial charge in [-0.25, -0.2) is 8.42 Å². The first kappa shape index (κ1) is 20.5. The van der Waals surface area contributed by atoms with E-state index in [0.717, 1.165) is 0 Å². The van der Waals surface area contributed by atoms with Crippen LogP contribution in [0.2, 0.25) is 15.1 Å². The summed E-state index contributed by atoms with van der Waals surface area (Å²) in [6, 6.07) is 16.5. The van der Waals surface area contributed by atoms with Gasteiger partial charge in [0.25, 0.3) is 15.9 Å². The number of halogens is 3. The minimum Gasteiger partial charge on any atom is -0.322 e. The lowest BCUT2D eigenvalue weighted by Gasteiger charge is -2.13. The van der Waals surface area contributed by atoms with E-state index in [1.807, 2.05) is 0 Å². The Kier molecular flexibility index (Phi) is 6.15. The Balaban J connectivity index is 1.91. The topological polar surface area (TPSA) is 75.3 Å². The summed E-state index contributed by atoms with van der Waals surface area (Å²) in [6.07, 6.45) is 0. The van der Waals surface area contributed by atoms with E-state index in [4.69, 9.17) is 34.8 Å². The average molecular weight is 456 g/mol. The first-order valence-electron chi connectivity index (χ1n) is 7.89. The molecule has 0 aromatic heterocycles. The summed E-state index contributed by atoms with van der Waals surface area (Å²) in [7, 11) is -3.93. The molecule has 0 atom stereocenters. The number of rotatable bonds is 5. The fourth-order valence-corrected chi connectivity index (χ4v) is 3.85. The van der Waals surface area contributed by atoms with Crippen LogP contribution in [-0.4, -0.2) is 14.3 Å². The zero-order valence-corrected chi connectivity index (χ0v) is 17.2. The number of amides is 1. The van der Waals surface area contributed by atoms with Crippen molar-refractivity contribution in [3.05, 3.63) is 87.4 Å². The van der Waals surface area contributed by atoms with Crippen LogP contribution in [0.3, 0.4) is 0 Å². The predicted octanol–water partition coefficient (Wildman–Crippen LogP) is 5.70. The molecule has 0 heterocycles. The van der Waals surface area contributed by atoms with Crippen LogP contribution in [-0.2, 0) is 10.0 Å². The van der Waals surface area contributed by atoms with Gasteiger partial charge in [-0.3, -0.25) is 9.52 Å². The van der Waals surface area contributed by atoms with Gasteiger partial charge < -0.3 is 5.32 Å². The number of benzene rings is 3. The fourth-order valence-electron chi connectivity index (χ4n) is 2.34. The van der Waals surface area contributed by atoms with Crippen LogP contribution < -0.4 is 10.0 Å². The minimum absolute atomic E-state index is 0.0101. The van der Waals surface area contributed by atoms with E-state index in [0.29, 0.717) is 15.7 Å². The second-order valence-electron chi connectivity index (χ2n) is 5.71. The molecule has 0 bridgehead atoms. The number of hydrogen-bond donors (Lipinski definition) is 2. The van der Waals surface area contributed by atoms with Crippen molar-refractivity contribution < 1.29 is 13.2 Å². The van der Waals surface area contributed by atoms with Gasteiger partial charge in [0.05, 0.1) is 16.1 Å². The van der Waals surface area contributed by atoms with Gasteiger partial charge in [0, 0.05) is 20.8 Å². The number of sulfonamides is 1. The van der Waals surface area contributed by atoms with Gasteiger partial charge in [-0.1, -0.05) is 34.8 Å². The van der Waals surface area contributed by atoms with E-state index in [-0.39, 0.29) is 21.2 Å². The molecule has 0 aliphatic carbocycles. The highest BCUT2D eigenvalue weighted by Crippen LogP contribution is 2.25. The van der Waals surface area contributed by atoms with Gasteiger partial charge in [0.2, 0.25) is 0 Å². The second kappa shape index (κ2) is 8.41. The molecule has 0 radical (unpaired) electrons. The molecule has 3 aromatic carbocycles. The smallest absolute Gasteiger partial charge is 0.261 e. The fraction of sp³-hybridized carbons (Fsp3) is 0.